The van der Waals surface area contributed by atoms with E-state index in [1.807, 2.05) is 0 Å². The van der Waals surface area contributed by atoms with Crippen molar-refractivity contribution in [3.05, 3.63) is 59.6 Å². The Balaban J connectivity index is 1.60. The molecule has 1 N–H and O–H groups in total. The molecule has 11 heteroatoms. The van der Waals surface area contributed by atoms with Crippen molar-refractivity contribution in [3.63, 3.8) is 0 Å². The molecular weight excluding hydrogens is 415 g/mol. The van der Waals surface area contributed by atoms with Gasteiger partial charge in [0.2, 0.25) is 5.82 Å². The van der Waals surface area contributed by atoms with Gasteiger partial charge < -0.3 is 4.52 Å². The lowest BCUT2D eigenvalue weighted by atomic mass is 10.2. The second-order valence-corrected chi connectivity index (χ2v) is 8.24. The standard InChI is InChI=1S/C17H10F3N3O3S2/c18-10-3-6-13-12(7-10)14(8-27-13)28(24,25)23-11-4-1-9(2-5-11)16-21-17(15(19)20)26-22-16/h1-8,15,23H. The predicted octanol–water partition coefficient (Wildman–Crippen LogP) is 4.83. The molecule has 2 aromatic carbocycles. The number of rotatable bonds is 5. The highest BCUT2D eigenvalue weighted by Gasteiger charge is 2.20. The SMILES string of the molecule is O=S(=O)(Nc1ccc(-c2noc(C(F)F)n2)cc1)c1csc2ccc(F)cc12. The Bertz CT molecular complexity index is 1250. The molecule has 0 fully saturated rings. The molecule has 0 aliphatic carbocycles. The van der Waals surface area contributed by atoms with Crippen molar-refractivity contribution < 1.29 is 26.1 Å². The van der Waals surface area contributed by atoms with Crippen LogP contribution in [0, 0.1) is 5.82 Å². The molecule has 4 rings (SSSR count). The van der Waals surface area contributed by atoms with Gasteiger partial charge in [0.1, 0.15) is 10.7 Å². The van der Waals surface area contributed by atoms with E-state index in [0.717, 1.165) is 0 Å². The molecule has 6 nitrogen and oxygen atoms in total. The highest BCUT2D eigenvalue weighted by Crippen LogP contribution is 2.31. The fourth-order valence-corrected chi connectivity index (χ4v) is 5.06. The zero-order chi connectivity index (χ0) is 19.9. The molecule has 2 heterocycles. The minimum atomic E-state index is -3.95. The minimum absolute atomic E-state index is 0.0316. The van der Waals surface area contributed by atoms with Gasteiger partial charge in [-0.15, -0.1) is 11.3 Å². The molecule has 0 aliphatic heterocycles. The summed E-state index contributed by atoms with van der Waals surface area (Å²) >= 11 is 1.19. The van der Waals surface area contributed by atoms with Crippen molar-refractivity contribution in [1.29, 1.82) is 0 Å². The summed E-state index contributed by atoms with van der Waals surface area (Å²) in [7, 11) is -3.95. The lowest BCUT2D eigenvalue weighted by Crippen LogP contribution is -2.12. The summed E-state index contributed by atoms with van der Waals surface area (Å²) in [6.07, 6.45) is -2.88. The van der Waals surface area contributed by atoms with Crippen LogP contribution in [0.2, 0.25) is 0 Å². The Morgan fingerprint density at radius 1 is 1.11 bits per heavy atom. The van der Waals surface area contributed by atoms with E-state index in [9.17, 15) is 21.6 Å². The number of sulfonamides is 1. The number of benzene rings is 2. The average molecular weight is 425 g/mol. The summed E-state index contributed by atoms with van der Waals surface area (Å²) in [6.45, 7) is 0. The van der Waals surface area contributed by atoms with Crippen LogP contribution in [0.4, 0.5) is 18.9 Å². The fourth-order valence-electron chi connectivity index (χ4n) is 2.52. The van der Waals surface area contributed by atoms with Gasteiger partial charge in [-0.3, -0.25) is 4.72 Å². The van der Waals surface area contributed by atoms with E-state index in [0.29, 0.717) is 15.6 Å². The Labute approximate surface area is 160 Å². The van der Waals surface area contributed by atoms with E-state index in [-0.39, 0.29) is 16.4 Å². The van der Waals surface area contributed by atoms with Crippen molar-refractivity contribution in [2.45, 2.75) is 11.3 Å². The van der Waals surface area contributed by atoms with Crippen molar-refractivity contribution in [3.8, 4) is 11.4 Å². The number of fused-ring (bicyclic) bond motifs is 1. The maximum absolute atomic E-state index is 13.5. The number of halogens is 3. The highest BCUT2D eigenvalue weighted by atomic mass is 32.2. The monoisotopic (exact) mass is 425 g/mol. The van der Waals surface area contributed by atoms with Gasteiger partial charge in [0.25, 0.3) is 15.9 Å². The fraction of sp³-hybridized carbons (Fsp3) is 0.0588. The van der Waals surface area contributed by atoms with E-state index in [1.54, 1.807) is 0 Å². The van der Waals surface area contributed by atoms with E-state index in [2.05, 4.69) is 19.4 Å². The van der Waals surface area contributed by atoms with Crippen LogP contribution in [0.1, 0.15) is 12.3 Å². The van der Waals surface area contributed by atoms with E-state index < -0.39 is 28.2 Å². The lowest BCUT2D eigenvalue weighted by Gasteiger charge is -2.07. The zero-order valence-electron chi connectivity index (χ0n) is 13.8. The summed E-state index contributed by atoms with van der Waals surface area (Å²) < 4.78 is 71.4. The van der Waals surface area contributed by atoms with Gasteiger partial charge in [-0.2, -0.15) is 13.8 Å². The highest BCUT2D eigenvalue weighted by molar-refractivity contribution is 7.93. The summed E-state index contributed by atoms with van der Waals surface area (Å²) in [5.74, 6) is -1.37. The van der Waals surface area contributed by atoms with Crippen LogP contribution < -0.4 is 4.72 Å². The molecule has 0 atom stereocenters. The maximum Gasteiger partial charge on any atom is 0.315 e. The first-order chi connectivity index (χ1) is 13.3. The first kappa shape index (κ1) is 18.4. The molecule has 2 aromatic heterocycles. The number of nitrogens with one attached hydrogen (secondary N) is 1. The molecule has 0 saturated heterocycles. The molecule has 0 saturated carbocycles. The van der Waals surface area contributed by atoms with Crippen LogP contribution in [0.25, 0.3) is 21.5 Å². The van der Waals surface area contributed by atoms with E-state index in [1.165, 1.54) is 59.2 Å². The minimum Gasteiger partial charge on any atom is -0.333 e. The molecule has 0 unspecified atom stereocenters. The van der Waals surface area contributed by atoms with Crippen LogP contribution in [0.15, 0.2) is 57.3 Å². The number of hydrogen-bond donors (Lipinski definition) is 1. The molecule has 0 radical (unpaired) electrons. The largest absolute Gasteiger partial charge is 0.333 e. The van der Waals surface area contributed by atoms with Crippen LogP contribution in [0.3, 0.4) is 0 Å². The number of anilines is 1. The molecule has 144 valence electrons. The first-order valence-corrected chi connectivity index (χ1v) is 10.1. The number of hydrogen-bond acceptors (Lipinski definition) is 6. The second kappa shape index (κ2) is 6.91. The topological polar surface area (TPSA) is 85.1 Å². The Kier molecular flexibility index (Phi) is 4.55. The second-order valence-electron chi connectivity index (χ2n) is 5.68. The zero-order valence-corrected chi connectivity index (χ0v) is 15.4. The van der Waals surface area contributed by atoms with Crippen LogP contribution in [0.5, 0.6) is 0 Å². The van der Waals surface area contributed by atoms with Crippen LogP contribution >= 0.6 is 11.3 Å². The van der Waals surface area contributed by atoms with Crippen molar-refractivity contribution in [1.82, 2.24) is 10.1 Å². The molecule has 0 amide bonds. The molecule has 0 spiro atoms. The van der Waals surface area contributed by atoms with Crippen molar-refractivity contribution >= 4 is 37.1 Å². The Morgan fingerprint density at radius 2 is 1.86 bits per heavy atom. The van der Waals surface area contributed by atoms with E-state index >= 15 is 0 Å². The smallest absolute Gasteiger partial charge is 0.315 e. The summed E-state index contributed by atoms with van der Waals surface area (Å²) in [4.78, 5) is 3.54. The molecule has 0 bridgehead atoms. The molecule has 4 aromatic rings. The third-order valence-corrected chi connectivity index (χ3v) is 6.35. The van der Waals surface area contributed by atoms with Gasteiger partial charge in [-0.1, -0.05) is 5.16 Å². The third-order valence-electron chi connectivity index (χ3n) is 3.81. The van der Waals surface area contributed by atoms with Crippen LogP contribution in [-0.2, 0) is 10.0 Å². The number of alkyl halides is 2. The van der Waals surface area contributed by atoms with Crippen molar-refractivity contribution in [2.24, 2.45) is 0 Å². The summed E-state index contributed by atoms with van der Waals surface area (Å²) in [6, 6.07) is 9.73. The predicted molar refractivity (Wildman–Crippen MR) is 97.3 cm³/mol. The normalized spacial score (nSPS) is 12.0. The molecular formula is C17H10F3N3O3S2. The number of aromatic nitrogens is 2. The molecule has 28 heavy (non-hydrogen) atoms. The van der Waals surface area contributed by atoms with Gasteiger partial charge in [0.15, 0.2) is 0 Å². The van der Waals surface area contributed by atoms with Gasteiger partial charge in [-0.25, -0.2) is 12.8 Å². The van der Waals surface area contributed by atoms with Gasteiger partial charge >= 0.3 is 6.43 Å². The lowest BCUT2D eigenvalue weighted by molar-refractivity contribution is 0.106. The van der Waals surface area contributed by atoms with Gasteiger partial charge in [0.05, 0.1) is 0 Å². The average Bonchev–Trinajstić information content (AvgIpc) is 3.29. The first-order valence-electron chi connectivity index (χ1n) is 7.75. The summed E-state index contributed by atoms with van der Waals surface area (Å²) in [5.41, 5.74) is 0.610. The Hall–Kier alpha value is -2.92. The third kappa shape index (κ3) is 3.45. The quantitative estimate of drug-likeness (QED) is 0.495. The van der Waals surface area contributed by atoms with E-state index in [4.69, 9.17) is 0 Å². The number of thiophene rings is 1. The maximum atomic E-state index is 13.5. The van der Waals surface area contributed by atoms with Crippen molar-refractivity contribution in [2.75, 3.05) is 4.72 Å². The van der Waals surface area contributed by atoms with Gasteiger partial charge in [-0.05, 0) is 42.5 Å². The molecule has 0 aliphatic rings. The van der Waals surface area contributed by atoms with Crippen LogP contribution in [-0.4, -0.2) is 18.6 Å². The number of nitrogens with zero attached hydrogens (tertiary/aromatic N) is 2. The summed E-state index contributed by atoms with van der Waals surface area (Å²) in [5, 5.41) is 5.18. The van der Waals surface area contributed by atoms with Gasteiger partial charge in [0, 0.05) is 26.7 Å². The Morgan fingerprint density at radius 3 is 2.54 bits per heavy atom.